The zero-order chi connectivity index (χ0) is 30.3. The van der Waals surface area contributed by atoms with Gasteiger partial charge in [0.2, 0.25) is 11.8 Å². The smallest absolute Gasteiger partial charge is 0.247 e. The van der Waals surface area contributed by atoms with Crippen molar-refractivity contribution in [1.82, 2.24) is 24.8 Å². The number of carbonyl (C=O) groups excluding carboxylic acids is 2. The summed E-state index contributed by atoms with van der Waals surface area (Å²) < 4.78 is 0. The van der Waals surface area contributed by atoms with Crippen molar-refractivity contribution in [3.05, 3.63) is 142 Å². The number of fused-ring (bicyclic) bond motifs is 1. The summed E-state index contributed by atoms with van der Waals surface area (Å²) in [5, 5.41) is 0. The molecule has 5 aromatic rings. The topological polar surface area (TPSA) is 79.3 Å². The second kappa shape index (κ2) is 13.6. The van der Waals surface area contributed by atoms with Crippen molar-refractivity contribution in [2.24, 2.45) is 0 Å². The van der Waals surface area contributed by atoms with Crippen LogP contribution < -0.4 is 0 Å². The van der Waals surface area contributed by atoms with Crippen LogP contribution in [-0.4, -0.2) is 49.2 Å². The van der Waals surface area contributed by atoms with Crippen LogP contribution >= 0.6 is 11.3 Å². The number of aryl methyl sites for hydroxylation is 1. The monoisotopic (exact) mass is 599 g/mol. The highest BCUT2D eigenvalue weighted by molar-refractivity contribution is 7.10. The van der Waals surface area contributed by atoms with Gasteiger partial charge in [-0.1, -0.05) is 78.9 Å². The molecule has 0 N–H and O–H groups in total. The van der Waals surface area contributed by atoms with Crippen molar-refractivity contribution in [2.45, 2.75) is 38.9 Å². The minimum atomic E-state index is -0.695. The van der Waals surface area contributed by atoms with Gasteiger partial charge in [-0.15, -0.1) is 11.3 Å². The normalized spacial score (nSPS) is 13.4. The largest absolute Gasteiger partial charge is 0.336 e. The average molecular weight is 600 g/mol. The van der Waals surface area contributed by atoms with Crippen molar-refractivity contribution in [3.8, 4) is 11.4 Å². The van der Waals surface area contributed by atoms with Crippen LogP contribution in [-0.2, 0) is 35.5 Å². The van der Waals surface area contributed by atoms with E-state index in [0.717, 1.165) is 39.2 Å². The maximum atomic E-state index is 14.5. The van der Waals surface area contributed by atoms with Crippen LogP contribution in [0.3, 0.4) is 0 Å². The van der Waals surface area contributed by atoms with Gasteiger partial charge in [0.25, 0.3) is 0 Å². The Hall–Kier alpha value is -4.95. The molecule has 1 atom stereocenters. The zero-order valence-corrected chi connectivity index (χ0v) is 25.4. The van der Waals surface area contributed by atoms with Gasteiger partial charge in [-0.3, -0.25) is 9.59 Å². The van der Waals surface area contributed by atoms with E-state index < -0.39 is 6.04 Å². The zero-order valence-electron chi connectivity index (χ0n) is 24.5. The van der Waals surface area contributed by atoms with Gasteiger partial charge in [-0.2, -0.15) is 0 Å². The van der Waals surface area contributed by atoms with Crippen LogP contribution in [0.15, 0.2) is 109 Å². The standard InChI is InChI=1S/C36H33N5O2S/c1-26-33(44-25-39-26)16-17-34(42)41(23-28-12-14-30(15-13-28)35-37-19-7-20-38-35)32(22-27-8-3-2-4-9-27)36(43)40-21-18-29-10-5-6-11-31(29)24-40/h2-17,19-20,25,32H,18,21-24H2,1H3. The van der Waals surface area contributed by atoms with Gasteiger partial charge in [0.1, 0.15) is 6.04 Å². The molecule has 3 heterocycles. The van der Waals surface area contributed by atoms with E-state index in [1.165, 1.54) is 16.9 Å². The molecule has 2 aromatic heterocycles. The van der Waals surface area contributed by atoms with Crippen LogP contribution in [0.2, 0.25) is 0 Å². The molecule has 2 amide bonds. The molecule has 220 valence electrons. The predicted molar refractivity (Wildman–Crippen MR) is 173 cm³/mol. The number of thiazole rings is 1. The van der Waals surface area contributed by atoms with Crippen molar-refractivity contribution in [1.29, 1.82) is 0 Å². The highest BCUT2D eigenvalue weighted by atomic mass is 32.1. The Morgan fingerprint density at radius 3 is 2.34 bits per heavy atom. The minimum absolute atomic E-state index is 0.0478. The molecule has 0 bridgehead atoms. The third kappa shape index (κ3) is 6.82. The van der Waals surface area contributed by atoms with Crippen LogP contribution in [0, 0.1) is 6.92 Å². The molecule has 0 fully saturated rings. The highest BCUT2D eigenvalue weighted by Gasteiger charge is 2.34. The van der Waals surface area contributed by atoms with Crippen LogP contribution in [0.1, 0.15) is 32.8 Å². The van der Waals surface area contributed by atoms with Crippen LogP contribution in [0.4, 0.5) is 0 Å². The van der Waals surface area contributed by atoms with E-state index in [0.29, 0.717) is 25.3 Å². The first kappa shape index (κ1) is 29.1. The van der Waals surface area contributed by atoms with E-state index in [1.807, 2.05) is 78.6 Å². The number of nitrogens with zero attached hydrogens (tertiary/aromatic N) is 5. The third-order valence-corrected chi connectivity index (χ3v) is 8.85. The van der Waals surface area contributed by atoms with Gasteiger partial charge >= 0.3 is 0 Å². The molecule has 3 aromatic carbocycles. The Labute approximate surface area is 261 Å². The number of rotatable bonds is 9. The van der Waals surface area contributed by atoms with Gasteiger partial charge in [0.05, 0.1) is 11.2 Å². The Kier molecular flexibility index (Phi) is 8.98. The third-order valence-electron chi connectivity index (χ3n) is 7.95. The lowest BCUT2D eigenvalue weighted by atomic mass is 9.97. The number of hydrogen-bond acceptors (Lipinski definition) is 6. The fourth-order valence-electron chi connectivity index (χ4n) is 5.52. The van der Waals surface area contributed by atoms with E-state index in [4.69, 9.17) is 0 Å². The van der Waals surface area contributed by atoms with Crippen LogP contribution in [0.25, 0.3) is 17.5 Å². The fourth-order valence-corrected chi connectivity index (χ4v) is 6.22. The molecule has 0 saturated heterocycles. The van der Waals surface area contributed by atoms with Crippen molar-refractivity contribution in [2.75, 3.05) is 6.54 Å². The summed E-state index contributed by atoms with van der Waals surface area (Å²) in [5.74, 6) is 0.366. The minimum Gasteiger partial charge on any atom is -0.336 e. The molecule has 0 radical (unpaired) electrons. The second-order valence-corrected chi connectivity index (χ2v) is 11.7. The molecule has 0 spiro atoms. The maximum Gasteiger partial charge on any atom is 0.247 e. The number of benzene rings is 3. The molecular formula is C36H33N5O2S. The van der Waals surface area contributed by atoms with E-state index >= 15 is 0 Å². The SMILES string of the molecule is Cc1ncsc1C=CC(=O)N(Cc1ccc(-c2ncccn2)cc1)C(Cc1ccccc1)C(=O)N1CCc2ccccc2C1. The van der Waals surface area contributed by atoms with E-state index in [-0.39, 0.29) is 18.4 Å². The number of carbonyl (C=O) groups is 2. The summed E-state index contributed by atoms with van der Waals surface area (Å²) in [5.41, 5.74) is 7.86. The lowest BCUT2D eigenvalue weighted by Crippen LogP contribution is -2.52. The summed E-state index contributed by atoms with van der Waals surface area (Å²) in [6, 6.07) is 27.2. The first-order valence-corrected chi connectivity index (χ1v) is 15.6. The van der Waals surface area contributed by atoms with Gasteiger partial charge in [0, 0.05) is 55.0 Å². The average Bonchev–Trinajstić information content (AvgIpc) is 3.50. The number of aromatic nitrogens is 3. The fraction of sp³-hybridized carbons (Fsp3) is 0.194. The predicted octanol–water partition coefficient (Wildman–Crippen LogP) is 6.15. The van der Waals surface area contributed by atoms with Crippen molar-refractivity contribution >= 4 is 29.2 Å². The molecule has 0 aliphatic carbocycles. The summed E-state index contributed by atoms with van der Waals surface area (Å²) in [4.78, 5) is 46.1. The number of amides is 2. The molecule has 1 aliphatic rings. The van der Waals surface area contributed by atoms with Crippen molar-refractivity contribution < 1.29 is 9.59 Å². The molecule has 6 rings (SSSR count). The molecule has 1 unspecified atom stereocenters. The Morgan fingerprint density at radius 2 is 1.61 bits per heavy atom. The highest BCUT2D eigenvalue weighted by Crippen LogP contribution is 2.24. The Bertz CT molecular complexity index is 1750. The van der Waals surface area contributed by atoms with Crippen LogP contribution in [0.5, 0.6) is 0 Å². The van der Waals surface area contributed by atoms with E-state index in [1.54, 1.807) is 41.0 Å². The lowest BCUT2D eigenvalue weighted by molar-refractivity contribution is -0.144. The summed E-state index contributed by atoms with van der Waals surface area (Å²) in [6.07, 6.45) is 8.01. The first-order chi connectivity index (χ1) is 21.5. The molecular weight excluding hydrogens is 566 g/mol. The summed E-state index contributed by atoms with van der Waals surface area (Å²) >= 11 is 1.48. The van der Waals surface area contributed by atoms with Gasteiger partial charge in [-0.25, -0.2) is 15.0 Å². The summed E-state index contributed by atoms with van der Waals surface area (Å²) in [7, 11) is 0. The van der Waals surface area contributed by atoms with E-state index in [9.17, 15) is 9.59 Å². The second-order valence-electron chi connectivity index (χ2n) is 10.9. The maximum absolute atomic E-state index is 14.5. The lowest BCUT2D eigenvalue weighted by Gasteiger charge is -2.37. The van der Waals surface area contributed by atoms with Crippen molar-refractivity contribution in [3.63, 3.8) is 0 Å². The molecule has 8 heteroatoms. The van der Waals surface area contributed by atoms with Gasteiger partial charge < -0.3 is 9.80 Å². The molecule has 7 nitrogen and oxygen atoms in total. The molecule has 44 heavy (non-hydrogen) atoms. The molecule has 1 aliphatic heterocycles. The Balaban J connectivity index is 1.34. The van der Waals surface area contributed by atoms with E-state index in [2.05, 4.69) is 27.1 Å². The van der Waals surface area contributed by atoms with Gasteiger partial charge in [0.15, 0.2) is 5.82 Å². The summed E-state index contributed by atoms with van der Waals surface area (Å²) in [6.45, 7) is 3.34. The first-order valence-electron chi connectivity index (χ1n) is 14.7. The number of hydrogen-bond donors (Lipinski definition) is 0. The molecule has 0 saturated carbocycles. The van der Waals surface area contributed by atoms with Gasteiger partial charge in [-0.05, 0) is 47.7 Å². The Morgan fingerprint density at radius 1 is 0.886 bits per heavy atom. The quantitative estimate of drug-likeness (QED) is 0.190.